The van der Waals surface area contributed by atoms with Crippen LogP contribution in [0.4, 0.5) is 0 Å². The minimum absolute atomic E-state index is 0.174. The number of hydrogen-bond acceptors (Lipinski definition) is 7. The molecule has 2 aliphatic heterocycles. The Balaban J connectivity index is 1.41. The number of benzene rings is 2. The molecule has 2 aromatic carbocycles. The highest BCUT2D eigenvalue weighted by Gasteiger charge is 2.50. The van der Waals surface area contributed by atoms with Crippen LogP contribution >= 0.6 is 0 Å². The second kappa shape index (κ2) is 10.7. The third-order valence-electron chi connectivity index (χ3n) is 8.28. The minimum Gasteiger partial charge on any atom is -0.468 e. The summed E-state index contributed by atoms with van der Waals surface area (Å²) in [7, 11) is 2.82. The van der Waals surface area contributed by atoms with Crippen LogP contribution in [0.5, 0.6) is 0 Å². The lowest BCUT2D eigenvalue weighted by Gasteiger charge is -2.45. The zero-order valence-electron chi connectivity index (χ0n) is 22.6. The lowest BCUT2D eigenvalue weighted by atomic mass is 9.90. The van der Waals surface area contributed by atoms with Gasteiger partial charge in [0.15, 0.2) is 0 Å². The minimum atomic E-state index is -0.960. The van der Waals surface area contributed by atoms with Gasteiger partial charge in [-0.15, -0.1) is 0 Å². The highest BCUT2D eigenvalue weighted by Crippen LogP contribution is 2.46. The Morgan fingerprint density at radius 3 is 2.17 bits per heavy atom. The lowest BCUT2D eigenvalue weighted by Crippen LogP contribution is -2.56. The average Bonchev–Trinajstić information content (AvgIpc) is 3.80. The average molecular weight is 547 g/mol. The molecule has 5 atom stereocenters. The molecule has 0 radical (unpaired) electrons. The van der Waals surface area contributed by atoms with Crippen LogP contribution in [0.25, 0.3) is 0 Å². The third-order valence-corrected chi connectivity index (χ3v) is 8.28. The van der Waals surface area contributed by atoms with E-state index >= 15 is 0 Å². The molecule has 1 aromatic heterocycles. The molecule has 0 spiro atoms. The first-order valence-electron chi connectivity index (χ1n) is 13.7. The van der Waals surface area contributed by atoms with Crippen LogP contribution in [0.15, 0.2) is 81.9 Å². The first-order chi connectivity index (χ1) is 19.4. The Labute approximate surface area is 231 Å². The maximum Gasteiger partial charge on any atom is 0.347 e. The smallest absolute Gasteiger partial charge is 0.347 e. The summed E-state index contributed by atoms with van der Waals surface area (Å²) < 4.78 is 9.13. The summed E-state index contributed by atoms with van der Waals surface area (Å²) in [5.41, 5.74) is 1.80. The van der Waals surface area contributed by atoms with Gasteiger partial charge in [-0.05, 0) is 35.5 Å². The van der Waals surface area contributed by atoms with Crippen molar-refractivity contribution in [2.75, 3.05) is 13.7 Å². The van der Waals surface area contributed by atoms with Gasteiger partial charge in [0.05, 0.1) is 13.2 Å². The number of ether oxygens (including phenoxy) is 1. The number of carbonyl (C=O) groups excluding carboxylic acids is 1. The molecule has 1 N–H and O–H groups in total. The van der Waals surface area contributed by atoms with Gasteiger partial charge in [0, 0.05) is 26.4 Å². The van der Waals surface area contributed by atoms with E-state index in [9.17, 15) is 19.5 Å². The summed E-state index contributed by atoms with van der Waals surface area (Å²) in [4.78, 5) is 46.4. The molecule has 40 heavy (non-hydrogen) atoms. The van der Waals surface area contributed by atoms with Crippen molar-refractivity contribution in [2.24, 2.45) is 13.0 Å². The molecule has 3 aromatic rings. The fourth-order valence-electron chi connectivity index (χ4n) is 6.05. The van der Waals surface area contributed by atoms with Crippen molar-refractivity contribution in [1.82, 2.24) is 19.0 Å². The molecule has 1 saturated heterocycles. The van der Waals surface area contributed by atoms with E-state index in [1.165, 1.54) is 23.5 Å². The molecule has 1 saturated carbocycles. The Kier molecular flexibility index (Phi) is 7.07. The fraction of sp³-hybridized carbons (Fsp3) is 0.433. The molecule has 3 aliphatic rings. The van der Waals surface area contributed by atoms with Gasteiger partial charge in [-0.1, -0.05) is 66.7 Å². The normalized spacial score (nSPS) is 24.0. The molecule has 210 valence electrons. The van der Waals surface area contributed by atoms with Gasteiger partial charge in [0.25, 0.3) is 0 Å². The van der Waals surface area contributed by atoms with Crippen LogP contribution in [0, 0.1) is 5.92 Å². The Hall–Kier alpha value is -3.73. The molecule has 10 heteroatoms. The predicted octanol–water partition coefficient (Wildman–Crippen LogP) is 1.78. The number of aliphatic hydroxyl groups excluding tert-OH is 1. The summed E-state index contributed by atoms with van der Waals surface area (Å²) in [6.07, 6.45) is 3.05. The van der Waals surface area contributed by atoms with Crippen LogP contribution in [0.2, 0.25) is 0 Å². The standard InChI is InChI=1S/C30H34N4O6/c1-31-29(37)33-23(25(35)16-20-11-7-4-8-12-20)17-22-18-32(24(28(36)39-2)15-19-9-5-3-6-10-19)40-27(21-13-14-21)26(22)34(33)30(31)38/h3-12,17,21,23-27,35H,13-16,18H2,1-2H3/t23-,24+,25+,26+,27-/m1/s1. The number of hydroxylamine groups is 2. The van der Waals surface area contributed by atoms with Gasteiger partial charge in [-0.3, -0.25) is 9.63 Å². The first-order valence-corrected chi connectivity index (χ1v) is 13.7. The molecule has 0 unspecified atom stereocenters. The summed E-state index contributed by atoms with van der Waals surface area (Å²) in [5, 5.41) is 13.1. The molecule has 10 nitrogen and oxygen atoms in total. The topological polar surface area (TPSA) is 108 Å². The number of aliphatic hydroxyl groups is 1. The fourth-order valence-corrected chi connectivity index (χ4v) is 6.05. The highest BCUT2D eigenvalue weighted by molar-refractivity contribution is 5.76. The maximum atomic E-state index is 13.5. The van der Waals surface area contributed by atoms with Gasteiger partial charge >= 0.3 is 17.3 Å². The van der Waals surface area contributed by atoms with E-state index in [2.05, 4.69) is 0 Å². The molecule has 2 fully saturated rings. The van der Waals surface area contributed by atoms with E-state index in [1.54, 1.807) is 5.06 Å². The second-order valence-electron chi connectivity index (χ2n) is 11.0. The van der Waals surface area contributed by atoms with E-state index in [4.69, 9.17) is 9.57 Å². The van der Waals surface area contributed by atoms with Gasteiger partial charge in [-0.25, -0.2) is 23.5 Å². The van der Waals surface area contributed by atoms with Crippen LogP contribution in [-0.4, -0.2) is 62.0 Å². The molecule has 0 amide bonds. The largest absolute Gasteiger partial charge is 0.468 e. The Morgan fingerprint density at radius 2 is 1.57 bits per heavy atom. The number of methoxy groups -OCH3 is 1. The first kappa shape index (κ1) is 26.5. The molecular formula is C30H34N4O6. The number of rotatable bonds is 8. The van der Waals surface area contributed by atoms with Crippen molar-refractivity contribution in [2.45, 2.75) is 56.0 Å². The Morgan fingerprint density at radius 1 is 0.975 bits per heavy atom. The van der Waals surface area contributed by atoms with Gasteiger partial charge in [0.2, 0.25) is 0 Å². The summed E-state index contributed by atoms with van der Waals surface area (Å²) in [5.74, 6) is -0.240. The third kappa shape index (κ3) is 4.76. The van der Waals surface area contributed by atoms with Crippen molar-refractivity contribution in [3.05, 3.63) is 104 Å². The summed E-state index contributed by atoms with van der Waals surface area (Å²) in [6.45, 7) is 0.227. The molecule has 6 rings (SSSR count). The number of hydrogen-bond donors (Lipinski definition) is 1. The summed E-state index contributed by atoms with van der Waals surface area (Å²) >= 11 is 0. The SMILES string of the molecule is COC(=O)[C@H](Cc1ccccc1)N1CC2=C[C@H]([C@@H](O)Cc3ccccc3)n3c(=O)n(C)c(=O)n3[C@@H]2[C@@H](C2CC2)O1. The van der Waals surface area contributed by atoms with E-state index in [1.807, 2.05) is 66.7 Å². The molecule has 0 bridgehead atoms. The van der Waals surface area contributed by atoms with Gasteiger partial charge < -0.3 is 9.84 Å². The van der Waals surface area contributed by atoms with Crippen molar-refractivity contribution in [3.8, 4) is 0 Å². The number of nitrogens with zero attached hydrogens (tertiary/aromatic N) is 4. The molecule has 1 aliphatic carbocycles. The Bertz CT molecular complexity index is 1520. The van der Waals surface area contributed by atoms with Crippen LogP contribution in [-0.2, 0) is 34.3 Å². The van der Waals surface area contributed by atoms with E-state index < -0.39 is 47.7 Å². The van der Waals surface area contributed by atoms with E-state index in [0.717, 1.165) is 34.1 Å². The second-order valence-corrected chi connectivity index (χ2v) is 11.0. The zero-order chi connectivity index (χ0) is 28.0. The van der Waals surface area contributed by atoms with Crippen molar-refractivity contribution in [1.29, 1.82) is 0 Å². The highest BCUT2D eigenvalue weighted by atomic mass is 16.7. The number of carbonyl (C=O) groups is 1. The van der Waals surface area contributed by atoms with Crippen molar-refractivity contribution in [3.63, 3.8) is 0 Å². The van der Waals surface area contributed by atoms with E-state index in [-0.39, 0.29) is 12.5 Å². The maximum absolute atomic E-state index is 13.5. The predicted molar refractivity (Wildman–Crippen MR) is 146 cm³/mol. The van der Waals surface area contributed by atoms with E-state index in [0.29, 0.717) is 12.8 Å². The van der Waals surface area contributed by atoms with Crippen LogP contribution in [0.3, 0.4) is 0 Å². The van der Waals surface area contributed by atoms with Gasteiger partial charge in [0.1, 0.15) is 24.2 Å². The monoisotopic (exact) mass is 546 g/mol. The van der Waals surface area contributed by atoms with Crippen LogP contribution < -0.4 is 11.4 Å². The van der Waals surface area contributed by atoms with Crippen molar-refractivity contribution >= 4 is 5.97 Å². The zero-order valence-corrected chi connectivity index (χ0v) is 22.6. The van der Waals surface area contributed by atoms with Crippen molar-refractivity contribution < 1.29 is 19.5 Å². The number of fused-ring (bicyclic) bond motifs is 3. The molecule has 3 heterocycles. The van der Waals surface area contributed by atoms with Crippen LogP contribution in [0.1, 0.15) is 36.1 Å². The lowest BCUT2D eigenvalue weighted by molar-refractivity contribution is -0.252. The summed E-state index contributed by atoms with van der Waals surface area (Å²) in [6, 6.07) is 17.3. The quantitative estimate of drug-likeness (QED) is 0.339. The number of esters is 1. The van der Waals surface area contributed by atoms with Gasteiger partial charge in [-0.2, -0.15) is 5.06 Å². The molecular weight excluding hydrogens is 512 g/mol. The number of aromatic nitrogens is 3.